The third kappa shape index (κ3) is 5.41. The van der Waals surface area contributed by atoms with Gasteiger partial charge in [-0.25, -0.2) is 0 Å². The number of ether oxygens (including phenoxy) is 2. The second kappa shape index (κ2) is 9.32. The first-order valence-corrected chi connectivity index (χ1v) is 8.08. The molecule has 0 aromatic heterocycles. The predicted octanol–water partition coefficient (Wildman–Crippen LogP) is 3.08. The van der Waals surface area contributed by atoms with E-state index in [0.717, 1.165) is 11.1 Å². The molecule has 2 aliphatic rings. The Hall–Kier alpha value is -3.21. The van der Waals surface area contributed by atoms with Gasteiger partial charge in [0.15, 0.2) is 11.5 Å². The van der Waals surface area contributed by atoms with Gasteiger partial charge in [-0.1, -0.05) is 36.5 Å². The van der Waals surface area contributed by atoms with Gasteiger partial charge >= 0.3 is 0 Å². The Morgan fingerprint density at radius 2 is 1.46 bits per heavy atom. The lowest BCUT2D eigenvalue weighted by atomic mass is 10.0. The van der Waals surface area contributed by atoms with Crippen LogP contribution in [-0.2, 0) is 23.9 Å². The minimum Gasteiger partial charge on any atom is -0.493 e. The topological polar surface area (TPSA) is 69.7 Å². The van der Waals surface area contributed by atoms with Crippen LogP contribution in [0.25, 0.3) is 0 Å². The highest BCUT2D eigenvalue weighted by molar-refractivity contribution is 6.05. The maximum atomic E-state index is 11.9. The molecule has 0 spiro atoms. The molecule has 0 aliphatic heterocycles. The lowest BCUT2D eigenvalue weighted by Crippen LogP contribution is -2.05. The normalized spacial score (nSPS) is 19.9. The molecule has 0 unspecified atom stereocenters. The Bertz CT molecular complexity index is 813. The van der Waals surface area contributed by atoms with Crippen molar-refractivity contribution in [3.05, 3.63) is 83.4 Å². The van der Waals surface area contributed by atoms with E-state index in [9.17, 15) is 14.4 Å². The molecule has 0 heterocycles. The Morgan fingerprint density at radius 3 is 2.08 bits per heavy atom. The van der Waals surface area contributed by atoms with Gasteiger partial charge in [0, 0.05) is 12.8 Å². The van der Waals surface area contributed by atoms with Crippen molar-refractivity contribution in [2.24, 2.45) is 0 Å². The van der Waals surface area contributed by atoms with Gasteiger partial charge in [0.05, 0.1) is 14.2 Å². The van der Waals surface area contributed by atoms with E-state index in [1.165, 1.54) is 26.4 Å². The zero-order valence-corrected chi connectivity index (χ0v) is 14.7. The first kappa shape index (κ1) is 19.1. The molecule has 0 N–H and O–H groups in total. The molecule has 0 saturated heterocycles. The summed E-state index contributed by atoms with van der Waals surface area (Å²) in [5.41, 5.74) is 1.59. The molecule has 2 rings (SSSR count). The molecule has 0 aromatic rings. The van der Waals surface area contributed by atoms with Crippen molar-refractivity contribution < 1.29 is 23.9 Å². The molecule has 134 valence electrons. The van der Waals surface area contributed by atoms with Crippen LogP contribution in [0.2, 0.25) is 0 Å². The van der Waals surface area contributed by atoms with Crippen molar-refractivity contribution in [1.82, 2.24) is 0 Å². The van der Waals surface area contributed by atoms with Gasteiger partial charge in [-0.3, -0.25) is 14.4 Å². The fraction of sp³-hybridized carbons (Fsp3) is 0.190. The largest absolute Gasteiger partial charge is 0.493 e. The predicted molar refractivity (Wildman–Crippen MR) is 98.0 cm³/mol. The van der Waals surface area contributed by atoms with Crippen LogP contribution in [0.1, 0.15) is 12.8 Å². The molecular formula is C21H20O5. The standard InChI is InChI=1S/C21H20O5/c1-25-20-13-15(8-11-18(20)23)5-3-4-6-17(22)10-7-16-9-12-19(24)21(14-16)26-2/h3-5,7-9,11-14H,6,10H2,1-2H3. The second-order valence-corrected chi connectivity index (χ2v) is 5.57. The van der Waals surface area contributed by atoms with Gasteiger partial charge in [0.1, 0.15) is 5.78 Å². The van der Waals surface area contributed by atoms with Crippen molar-refractivity contribution in [3.63, 3.8) is 0 Å². The first-order valence-electron chi connectivity index (χ1n) is 8.08. The molecule has 0 amide bonds. The Morgan fingerprint density at radius 1 is 0.885 bits per heavy atom. The van der Waals surface area contributed by atoms with Gasteiger partial charge in [-0.15, -0.1) is 0 Å². The average Bonchev–Trinajstić information content (AvgIpc) is 2.65. The Balaban J connectivity index is 1.87. The number of ketones is 3. The highest BCUT2D eigenvalue weighted by Crippen LogP contribution is 2.15. The number of allylic oxidation sites excluding steroid dienone is 12. The number of methoxy groups -OCH3 is 2. The van der Waals surface area contributed by atoms with Crippen LogP contribution in [-0.4, -0.2) is 31.6 Å². The molecule has 0 fully saturated rings. The fourth-order valence-corrected chi connectivity index (χ4v) is 2.29. The smallest absolute Gasteiger partial charge is 0.220 e. The maximum absolute atomic E-state index is 11.9. The SMILES string of the molecule is COC1=CC(=CC=CCC(=O)CC=C2C=CC(=O)C(OC)=C2)C=CC1=O. The minimum absolute atomic E-state index is 0.0484. The summed E-state index contributed by atoms with van der Waals surface area (Å²) in [6.07, 6.45) is 17.1. The summed E-state index contributed by atoms with van der Waals surface area (Å²) in [5.74, 6) is 0.252. The summed E-state index contributed by atoms with van der Waals surface area (Å²) >= 11 is 0. The quantitative estimate of drug-likeness (QED) is 0.704. The van der Waals surface area contributed by atoms with Crippen LogP contribution in [0, 0.1) is 0 Å². The summed E-state index contributed by atoms with van der Waals surface area (Å²) in [6, 6.07) is 0. The Labute approximate surface area is 152 Å². The highest BCUT2D eigenvalue weighted by atomic mass is 16.5. The zero-order chi connectivity index (χ0) is 18.9. The molecule has 0 radical (unpaired) electrons. The van der Waals surface area contributed by atoms with Crippen LogP contribution >= 0.6 is 0 Å². The summed E-state index contributed by atoms with van der Waals surface area (Å²) in [4.78, 5) is 34.8. The Kier molecular flexibility index (Phi) is 6.85. The van der Waals surface area contributed by atoms with Gasteiger partial charge in [0.2, 0.25) is 11.6 Å². The van der Waals surface area contributed by atoms with Crippen LogP contribution in [0.5, 0.6) is 0 Å². The lowest BCUT2D eigenvalue weighted by molar-refractivity contribution is -0.117. The van der Waals surface area contributed by atoms with Crippen molar-refractivity contribution in [2.75, 3.05) is 14.2 Å². The highest BCUT2D eigenvalue weighted by Gasteiger charge is 2.11. The van der Waals surface area contributed by atoms with Crippen LogP contribution in [0.15, 0.2) is 83.4 Å². The van der Waals surface area contributed by atoms with E-state index in [1.807, 2.05) is 0 Å². The molecule has 0 saturated carbocycles. The molecule has 0 aromatic carbocycles. The summed E-state index contributed by atoms with van der Waals surface area (Å²) < 4.78 is 9.96. The molecule has 0 bridgehead atoms. The number of carbonyl (C=O) groups excluding carboxylic acids is 3. The molecule has 0 atom stereocenters. The van der Waals surface area contributed by atoms with Gasteiger partial charge in [0.25, 0.3) is 0 Å². The van der Waals surface area contributed by atoms with Gasteiger partial charge in [-0.2, -0.15) is 0 Å². The summed E-state index contributed by atoms with van der Waals surface area (Å²) in [7, 11) is 2.89. The average molecular weight is 352 g/mol. The van der Waals surface area contributed by atoms with Crippen molar-refractivity contribution in [1.29, 1.82) is 0 Å². The van der Waals surface area contributed by atoms with Crippen LogP contribution < -0.4 is 0 Å². The third-order valence-electron chi connectivity index (χ3n) is 3.71. The monoisotopic (exact) mass is 352 g/mol. The van der Waals surface area contributed by atoms with E-state index in [2.05, 4.69) is 0 Å². The van der Waals surface area contributed by atoms with E-state index in [1.54, 1.807) is 48.6 Å². The molecule has 5 heteroatoms. The summed E-state index contributed by atoms with van der Waals surface area (Å²) in [5, 5.41) is 0. The van der Waals surface area contributed by atoms with Crippen molar-refractivity contribution >= 4 is 17.3 Å². The molecule has 26 heavy (non-hydrogen) atoms. The summed E-state index contributed by atoms with van der Waals surface area (Å²) in [6.45, 7) is 0. The zero-order valence-electron chi connectivity index (χ0n) is 14.7. The molecular weight excluding hydrogens is 332 g/mol. The van der Waals surface area contributed by atoms with Crippen LogP contribution in [0.3, 0.4) is 0 Å². The lowest BCUT2D eigenvalue weighted by Gasteiger charge is -2.07. The fourth-order valence-electron chi connectivity index (χ4n) is 2.29. The van der Waals surface area contributed by atoms with Crippen LogP contribution in [0.4, 0.5) is 0 Å². The maximum Gasteiger partial charge on any atom is 0.220 e. The number of hydrogen-bond acceptors (Lipinski definition) is 5. The van der Waals surface area contributed by atoms with E-state index < -0.39 is 0 Å². The van der Waals surface area contributed by atoms with Crippen molar-refractivity contribution in [3.8, 4) is 0 Å². The first-order chi connectivity index (χ1) is 12.5. The van der Waals surface area contributed by atoms with Crippen molar-refractivity contribution in [2.45, 2.75) is 12.8 Å². The number of rotatable bonds is 7. The van der Waals surface area contributed by atoms with Gasteiger partial charge in [-0.05, 0) is 35.5 Å². The number of carbonyl (C=O) groups is 3. The van der Waals surface area contributed by atoms with E-state index in [4.69, 9.17) is 9.47 Å². The van der Waals surface area contributed by atoms with E-state index in [0.29, 0.717) is 6.42 Å². The molecule has 5 nitrogen and oxygen atoms in total. The number of hydrogen-bond donors (Lipinski definition) is 0. The van der Waals surface area contributed by atoms with E-state index >= 15 is 0 Å². The van der Waals surface area contributed by atoms with Gasteiger partial charge < -0.3 is 9.47 Å². The third-order valence-corrected chi connectivity index (χ3v) is 3.71. The number of Topliss-reactive ketones (excluding diaryl/α,β-unsaturated/α-hetero) is 1. The second-order valence-electron chi connectivity index (χ2n) is 5.57. The minimum atomic E-state index is -0.184. The molecule has 2 aliphatic carbocycles. The van der Waals surface area contributed by atoms with E-state index in [-0.39, 0.29) is 35.3 Å².